The van der Waals surface area contributed by atoms with Crippen molar-refractivity contribution in [2.75, 3.05) is 6.61 Å². The number of aliphatic hydroxyl groups excluding tert-OH is 1. The Labute approximate surface area is 115 Å². The molecule has 0 spiro atoms. The lowest BCUT2D eigenvalue weighted by Crippen LogP contribution is -2.33. The Morgan fingerprint density at radius 2 is 2.00 bits per heavy atom. The van der Waals surface area contributed by atoms with Gasteiger partial charge in [-0.3, -0.25) is 14.9 Å². The quantitative estimate of drug-likeness (QED) is 0.785. The van der Waals surface area contributed by atoms with Crippen molar-refractivity contribution in [2.24, 2.45) is 0 Å². The number of aliphatic hydroxyl groups is 1. The lowest BCUT2D eigenvalue weighted by Gasteiger charge is -2.03. The van der Waals surface area contributed by atoms with Crippen LogP contribution in [0, 0.1) is 0 Å². The van der Waals surface area contributed by atoms with Gasteiger partial charge in [0.25, 0.3) is 5.91 Å². The summed E-state index contributed by atoms with van der Waals surface area (Å²) in [7, 11) is 0. The maximum Gasteiger partial charge on any atom is 0.257 e. The van der Waals surface area contributed by atoms with Crippen LogP contribution in [-0.4, -0.2) is 38.5 Å². The normalized spacial score (nSPS) is 10.2. The fourth-order valence-corrected chi connectivity index (χ4v) is 1.62. The van der Waals surface area contributed by atoms with E-state index in [-0.39, 0.29) is 13.2 Å². The summed E-state index contributed by atoms with van der Waals surface area (Å²) in [6.07, 6.45) is 1.94. The average molecular weight is 274 g/mol. The Hall–Kier alpha value is -2.54. The third-order valence-electron chi connectivity index (χ3n) is 2.55. The Morgan fingerprint density at radius 1 is 1.25 bits per heavy atom. The van der Waals surface area contributed by atoms with Crippen LogP contribution < -0.4 is 5.32 Å². The van der Waals surface area contributed by atoms with Gasteiger partial charge in [0.05, 0.1) is 5.69 Å². The number of rotatable bonds is 5. The maximum atomic E-state index is 11.7. The first kappa shape index (κ1) is 13.9. The van der Waals surface area contributed by atoms with Crippen LogP contribution >= 0.6 is 0 Å². The number of aromatic nitrogens is 3. The summed E-state index contributed by atoms with van der Waals surface area (Å²) in [4.78, 5) is 23.4. The first-order valence-electron chi connectivity index (χ1n) is 6.08. The van der Waals surface area contributed by atoms with Gasteiger partial charge in [-0.25, -0.2) is 4.68 Å². The van der Waals surface area contributed by atoms with Crippen LogP contribution in [0.2, 0.25) is 0 Å². The number of nitrogens with zero attached hydrogens (tertiary/aromatic N) is 3. The largest absolute Gasteiger partial charge is 0.396 e. The van der Waals surface area contributed by atoms with Crippen molar-refractivity contribution in [3.05, 3.63) is 47.8 Å². The van der Waals surface area contributed by atoms with Gasteiger partial charge in [-0.05, 0) is 12.1 Å². The summed E-state index contributed by atoms with van der Waals surface area (Å²) in [6, 6.07) is 8.47. The van der Waals surface area contributed by atoms with Crippen LogP contribution in [-0.2, 0) is 17.8 Å². The molecule has 2 rings (SSSR count). The van der Waals surface area contributed by atoms with Crippen molar-refractivity contribution < 1.29 is 14.7 Å². The molecule has 2 amide bonds. The van der Waals surface area contributed by atoms with E-state index in [9.17, 15) is 9.59 Å². The number of amides is 2. The summed E-state index contributed by atoms with van der Waals surface area (Å²) < 4.78 is 1.32. The van der Waals surface area contributed by atoms with Crippen LogP contribution in [0.15, 0.2) is 36.5 Å². The number of carbonyl (C=O) groups is 2. The van der Waals surface area contributed by atoms with Gasteiger partial charge < -0.3 is 5.11 Å². The van der Waals surface area contributed by atoms with Crippen LogP contribution in [0.5, 0.6) is 0 Å². The zero-order chi connectivity index (χ0) is 14.4. The molecule has 0 aliphatic carbocycles. The zero-order valence-electron chi connectivity index (χ0n) is 10.7. The van der Waals surface area contributed by atoms with Crippen molar-refractivity contribution in [3.8, 4) is 0 Å². The van der Waals surface area contributed by atoms with Gasteiger partial charge in [-0.1, -0.05) is 23.4 Å². The van der Waals surface area contributed by atoms with E-state index < -0.39 is 11.8 Å². The monoisotopic (exact) mass is 274 g/mol. The molecule has 0 fully saturated rings. The third kappa shape index (κ3) is 3.72. The van der Waals surface area contributed by atoms with Gasteiger partial charge in [0.15, 0.2) is 0 Å². The Morgan fingerprint density at radius 3 is 2.70 bits per heavy atom. The Bertz CT molecular complexity index is 595. The van der Waals surface area contributed by atoms with Crippen LogP contribution in [0.25, 0.3) is 0 Å². The van der Waals surface area contributed by atoms with E-state index in [1.807, 2.05) is 0 Å². The van der Waals surface area contributed by atoms with E-state index >= 15 is 0 Å². The molecule has 1 aromatic heterocycles. The number of hydrogen-bond donors (Lipinski definition) is 2. The van der Waals surface area contributed by atoms with Gasteiger partial charge in [0.2, 0.25) is 5.91 Å². The zero-order valence-corrected chi connectivity index (χ0v) is 10.7. The first-order chi connectivity index (χ1) is 9.69. The number of benzene rings is 1. The molecule has 7 heteroatoms. The molecular formula is C13H14N4O3. The van der Waals surface area contributed by atoms with Gasteiger partial charge in [-0.15, -0.1) is 5.10 Å². The predicted molar refractivity (Wildman–Crippen MR) is 69.7 cm³/mol. The van der Waals surface area contributed by atoms with Gasteiger partial charge in [-0.2, -0.15) is 0 Å². The van der Waals surface area contributed by atoms with Crippen molar-refractivity contribution in [1.29, 1.82) is 0 Å². The van der Waals surface area contributed by atoms with Crippen molar-refractivity contribution >= 4 is 11.8 Å². The fraction of sp³-hybridized carbons (Fsp3) is 0.231. The SMILES string of the molecule is O=C(Cn1cc(CCO)nn1)NC(=O)c1ccccc1. The molecular weight excluding hydrogens is 260 g/mol. The highest BCUT2D eigenvalue weighted by molar-refractivity contribution is 6.04. The minimum atomic E-state index is -0.473. The van der Waals surface area contributed by atoms with E-state index in [2.05, 4.69) is 15.6 Å². The summed E-state index contributed by atoms with van der Waals surface area (Å²) in [5.74, 6) is -0.925. The maximum absolute atomic E-state index is 11.7. The topological polar surface area (TPSA) is 97.1 Å². The Balaban J connectivity index is 1.90. The Kier molecular flexibility index (Phi) is 4.56. The molecule has 0 saturated heterocycles. The summed E-state index contributed by atoms with van der Waals surface area (Å²) in [5, 5.41) is 18.5. The number of carbonyl (C=O) groups excluding carboxylic acids is 2. The lowest BCUT2D eigenvalue weighted by atomic mass is 10.2. The molecule has 1 heterocycles. The predicted octanol–water partition coefficient (Wildman–Crippen LogP) is -0.231. The number of hydrogen-bond acceptors (Lipinski definition) is 5. The molecule has 20 heavy (non-hydrogen) atoms. The minimum absolute atomic E-state index is 0.0304. The van der Waals surface area contributed by atoms with Gasteiger partial charge in [0, 0.05) is 24.8 Å². The highest BCUT2D eigenvalue weighted by atomic mass is 16.3. The minimum Gasteiger partial charge on any atom is -0.396 e. The van der Waals surface area contributed by atoms with Crippen LogP contribution in [0.3, 0.4) is 0 Å². The molecule has 0 aliphatic rings. The lowest BCUT2D eigenvalue weighted by molar-refractivity contribution is -0.120. The second kappa shape index (κ2) is 6.58. The molecule has 104 valence electrons. The molecule has 0 saturated carbocycles. The van der Waals surface area contributed by atoms with Crippen molar-refractivity contribution in [1.82, 2.24) is 20.3 Å². The van der Waals surface area contributed by atoms with Gasteiger partial charge >= 0.3 is 0 Å². The average Bonchev–Trinajstić information content (AvgIpc) is 2.87. The third-order valence-corrected chi connectivity index (χ3v) is 2.55. The van der Waals surface area contributed by atoms with E-state index in [1.165, 1.54) is 4.68 Å². The summed E-state index contributed by atoms with van der Waals surface area (Å²) >= 11 is 0. The first-order valence-corrected chi connectivity index (χ1v) is 6.08. The molecule has 2 N–H and O–H groups in total. The van der Waals surface area contributed by atoms with E-state index in [0.29, 0.717) is 17.7 Å². The van der Waals surface area contributed by atoms with Crippen molar-refractivity contribution in [3.63, 3.8) is 0 Å². The number of nitrogens with one attached hydrogen (secondary N) is 1. The summed E-state index contributed by atoms with van der Waals surface area (Å²) in [5.41, 5.74) is 1.01. The molecule has 2 aromatic rings. The smallest absolute Gasteiger partial charge is 0.257 e. The molecule has 0 atom stereocenters. The standard InChI is InChI=1S/C13H14N4O3/c18-7-6-11-8-17(16-15-11)9-12(19)14-13(20)10-4-2-1-3-5-10/h1-5,8,18H,6-7,9H2,(H,14,19,20). The molecule has 0 aliphatic heterocycles. The van der Waals surface area contributed by atoms with Crippen molar-refractivity contribution in [2.45, 2.75) is 13.0 Å². The van der Waals surface area contributed by atoms with Crippen LogP contribution in [0.4, 0.5) is 0 Å². The van der Waals surface area contributed by atoms with E-state index in [4.69, 9.17) is 5.11 Å². The molecule has 0 bridgehead atoms. The second-order valence-corrected chi connectivity index (χ2v) is 4.12. The molecule has 0 unspecified atom stereocenters. The summed E-state index contributed by atoms with van der Waals surface area (Å²) in [6.45, 7) is -0.131. The highest BCUT2D eigenvalue weighted by Gasteiger charge is 2.11. The van der Waals surface area contributed by atoms with Gasteiger partial charge in [0.1, 0.15) is 6.54 Å². The van der Waals surface area contributed by atoms with E-state index in [1.54, 1.807) is 36.5 Å². The second-order valence-electron chi connectivity index (χ2n) is 4.12. The molecule has 0 radical (unpaired) electrons. The van der Waals surface area contributed by atoms with E-state index in [0.717, 1.165) is 0 Å². The number of imide groups is 1. The molecule has 1 aromatic carbocycles. The highest BCUT2D eigenvalue weighted by Crippen LogP contribution is 1.98. The fourth-order valence-electron chi connectivity index (χ4n) is 1.62. The van der Waals surface area contributed by atoms with Crippen LogP contribution in [0.1, 0.15) is 16.1 Å². The molecule has 7 nitrogen and oxygen atoms in total.